The monoisotopic (exact) mass is 286 g/mol. The van der Waals surface area contributed by atoms with E-state index >= 15 is 0 Å². The number of hydrogen-bond donors (Lipinski definition) is 0. The zero-order valence-electron chi connectivity index (χ0n) is 11.3. The molecule has 1 aromatic carbocycles. The Kier molecular flexibility index (Phi) is 3.65. The summed E-state index contributed by atoms with van der Waals surface area (Å²) in [7, 11) is 0. The number of imidazole rings is 1. The molecule has 0 radical (unpaired) electrons. The zero-order valence-corrected chi connectivity index (χ0v) is 12.0. The normalized spacial score (nSPS) is 11.1. The molecular formula is C15H15ClN4. The van der Waals surface area contributed by atoms with Crippen molar-refractivity contribution in [3.8, 4) is 0 Å². The van der Waals surface area contributed by atoms with Crippen molar-refractivity contribution in [3.05, 3.63) is 53.9 Å². The molecule has 0 bridgehead atoms. The van der Waals surface area contributed by atoms with E-state index in [2.05, 4.69) is 39.7 Å². The van der Waals surface area contributed by atoms with Crippen LogP contribution in [0.3, 0.4) is 0 Å². The SMILES string of the molecule is Cc1ccc2c(c1)nc(CCCl)n2Cc1ccncn1. The maximum atomic E-state index is 5.89. The van der Waals surface area contributed by atoms with Crippen LogP contribution in [0.1, 0.15) is 17.1 Å². The van der Waals surface area contributed by atoms with Gasteiger partial charge in [0.15, 0.2) is 0 Å². The number of aromatic nitrogens is 4. The van der Waals surface area contributed by atoms with Gasteiger partial charge < -0.3 is 4.57 Å². The Hall–Kier alpha value is -1.94. The van der Waals surface area contributed by atoms with Crippen LogP contribution < -0.4 is 0 Å². The molecule has 0 aliphatic carbocycles. The lowest BCUT2D eigenvalue weighted by Gasteiger charge is -2.07. The Bertz CT molecular complexity index is 721. The molecule has 0 aliphatic heterocycles. The van der Waals surface area contributed by atoms with Crippen LogP contribution >= 0.6 is 11.6 Å². The average molecular weight is 287 g/mol. The van der Waals surface area contributed by atoms with Crippen molar-refractivity contribution in [2.75, 3.05) is 5.88 Å². The molecule has 2 aromatic heterocycles. The second-order valence-electron chi connectivity index (χ2n) is 4.75. The van der Waals surface area contributed by atoms with Gasteiger partial charge in [-0.15, -0.1) is 11.6 Å². The Morgan fingerprint density at radius 1 is 1.25 bits per heavy atom. The van der Waals surface area contributed by atoms with Gasteiger partial charge in [-0.3, -0.25) is 0 Å². The summed E-state index contributed by atoms with van der Waals surface area (Å²) in [4.78, 5) is 12.9. The van der Waals surface area contributed by atoms with Crippen molar-refractivity contribution in [1.29, 1.82) is 0 Å². The Labute approximate surface area is 122 Å². The van der Waals surface area contributed by atoms with E-state index in [1.54, 1.807) is 12.5 Å². The van der Waals surface area contributed by atoms with Crippen LogP contribution in [0.4, 0.5) is 0 Å². The first-order valence-electron chi connectivity index (χ1n) is 6.54. The largest absolute Gasteiger partial charge is 0.322 e. The number of halogens is 1. The highest BCUT2D eigenvalue weighted by molar-refractivity contribution is 6.17. The van der Waals surface area contributed by atoms with E-state index < -0.39 is 0 Å². The molecule has 0 N–H and O–H groups in total. The van der Waals surface area contributed by atoms with Crippen LogP contribution in [0, 0.1) is 6.92 Å². The van der Waals surface area contributed by atoms with Crippen LogP contribution in [0.5, 0.6) is 0 Å². The predicted molar refractivity (Wildman–Crippen MR) is 80.0 cm³/mol. The lowest BCUT2D eigenvalue weighted by atomic mass is 10.2. The third-order valence-corrected chi connectivity index (χ3v) is 3.45. The molecule has 2 heterocycles. The number of alkyl halides is 1. The minimum absolute atomic E-state index is 0.562. The summed E-state index contributed by atoms with van der Waals surface area (Å²) in [6.07, 6.45) is 4.08. The molecule has 3 aromatic rings. The first-order chi connectivity index (χ1) is 9.78. The summed E-state index contributed by atoms with van der Waals surface area (Å²) >= 11 is 5.89. The van der Waals surface area contributed by atoms with Crippen molar-refractivity contribution in [1.82, 2.24) is 19.5 Å². The van der Waals surface area contributed by atoms with Crippen LogP contribution in [-0.4, -0.2) is 25.4 Å². The Morgan fingerprint density at radius 2 is 2.15 bits per heavy atom. The second kappa shape index (κ2) is 5.59. The third kappa shape index (κ3) is 2.51. The number of nitrogens with zero attached hydrogens (tertiary/aromatic N) is 4. The van der Waals surface area contributed by atoms with Crippen LogP contribution in [0.15, 0.2) is 36.8 Å². The molecular weight excluding hydrogens is 272 g/mol. The molecule has 0 spiro atoms. The highest BCUT2D eigenvalue weighted by Gasteiger charge is 2.11. The number of rotatable bonds is 4. The van der Waals surface area contributed by atoms with E-state index in [0.717, 1.165) is 29.0 Å². The number of hydrogen-bond acceptors (Lipinski definition) is 3. The molecule has 4 nitrogen and oxygen atoms in total. The van der Waals surface area contributed by atoms with Crippen molar-refractivity contribution in [2.45, 2.75) is 19.9 Å². The lowest BCUT2D eigenvalue weighted by molar-refractivity contribution is 0.735. The smallest absolute Gasteiger partial charge is 0.115 e. The van der Waals surface area contributed by atoms with Gasteiger partial charge in [0.25, 0.3) is 0 Å². The Morgan fingerprint density at radius 3 is 2.90 bits per heavy atom. The predicted octanol–water partition coefficient (Wildman–Crippen LogP) is 2.96. The molecule has 0 atom stereocenters. The molecule has 102 valence electrons. The summed E-state index contributed by atoms with van der Waals surface area (Å²) in [5, 5.41) is 0. The fourth-order valence-corrected chi connectivity index (χ4v) is 2.48. The lowest BCUT2D eigenvalue weighted by Crippen LogP contribution is -2.07. The van der Waals surface area contributed by atoms with Crippen LogP contribution in [0.2, 0.25) is 0 Å². The second-order valence-corrected chi connectivity index (χ2v) is 5.12. The zero-order chi connectivity index (χ0) is 13.9. The van der Waals surface area contributed by atoms with Gasteiger partial charge in [-0.25, -0.2) is 15.0 Å². The molecule has 0 saturated carbocycles. The van der Waals surface area contributed by atoms with Gasteiger partial charge in [-0.2, -0.15) is 0 Å². The fraction of sp³-hybridized carbons (Fsp3) is 0.267. The highest BCUT2D eigenvalue weighted by atomic mass is 35.5. The van der Waals surface area contributed by atoms with Gasteiger partial charge in [-0.05, 0) is 30.7 Å². The topological polar surface area (TPSA) is 43.6 Å². The fourth-order valence-electron chi connectivity index (χ4n) is 2.32. The van der Waals surface area contributed by atoms with E-state index in [1.165, 1.54) is 5.56 Å². The maximum Gasteiger partial charge on any atom is 0.115 e. The van der Waals surface area contributed by atoms with E-state index in [9.17, 15) is 0 Å². The van der Waals surface area contributed by atoms with Crippen molar-refractivity contribution in [2.24, 2.45) is 0 Å². The van der Waals surface area contributed by atoms with Crippen molar-refractivity contribution in [3.63, 3.8) is 0 Å². The molecule has 3 rings (SSSR count). The molecule has 0 aliphatic rings. The first-order valence-corrected chi connectivity index (χ1v) is 7.08. The maximum absolute atomic E-state index is 5.89. The number of fused-ring (bicyclic) bond motifs is 1. The van der Waals surface area contributed by atoms with E-state index in [4.69, 9.17) is 16.6 Å². The first kappa shape index (κ1) is 13.1. The molecule has 0 unspecified atom stereocenters. The van der Waals surface area contributed by atoms with Gasteiger partial charge in [0.1, 0.15) is 12.2 Å². The van der Waals surface area contributed by atoms with Crippen molar-refractivity contribution < 1.29 is 0 Å². The standard InChI is InChI=1S/C15H15ClN4/c1-11-2-3-14-13(8-11)19-15(4-6-16)20(14)9-12-5-7-17-10-18-12/h2-3,5,7-8,10H,4,6,9H2,1H3. The molecule has 0 amide bonds. The number of benzene rings is 1. The minimum Gasteiger partial charge on any atom is -0.322 e. The molecule has 20 heavy (non-hydrogen) atoms. The van der Waals surface area contributed by atoms with Crippen LogP contribution in [-0.2, 0) is 13.0 Å². The third-order valence-electron chi connectivity index (χ3n) is 3.26. The average Bonchev–Trinajstić information content (AvgIpc) is 2.77. The van der Waals surface area contributed by atoms with Crippen LogP contribution in [0.25, 0.3) is 11.0 Å². The summed E-state index contributed by atoms with van der Waals surface area (Å²) < 4.78 is 2.18. The minimum atomic E-state index is 0.562. The van der Waals surface area contributed by atoms with Crippen molar-refractivity contribution >= 4 is 22.6 Å². The van der Waals surface area contributed by atoms with Gasteiger partial charge in [0.2, 0.25) is 0 Å². The van der Waals surface area contributed by atoms with Gasteiger partial charge in [0.05, 0.1) is 23.3 Å². The quantitative estimate of drug-likeness (QED) is 0.693. The summed E-state index contributed by atoms with van der Waals surface area (Å²) in [5.74, 6) is 1.56. The van der Waals surface area contributed by atoms with Gasteiger partial charge in [-0.1, -0.05) is 6.07 Å². The van der Waals surface area contributed by atoms with Gasteiger partial charge in [0, 0.05) is 18.5 Å². The summed E-state index contributed by atoms with van der Waals surface area (Å²) in [6.45, 7) is 2.76. The number of aryl methyl sites for hydroxylation is 2. The molecule has 5 heteroatoms. The molecule has 0 saturated heterocycles. The van der Waals surface area contributed by atoms with E-state index in [-0.39, 0.29) is 0 Å². The molecule has 0 fully saturated rings. The van der Waals surface area contributed by atoms with E-state index in [0.29, 0.717) is 12.4 Å². The van der Waals surface area contributed by atoms with E-state index in [1.807, 2.05) is 6.07 Å². The Balaban J connectivity index is 2.09. The van der Waals surface area contributed by atoms with Gasteiger partial charge >= 0.3 is 0 Å². The summed E-state index contributed by atoms with van der Waals surface area (Å²) in [6, 6.07) is 8.23. The summed E-state index contributed by atoms with van der Waals surface area (Å²) in [5.41, 5.74) is 4.31. The highest BCUT2D eigenvalue weighted by Crippen LogP contribution is 2.19.